The highest BCUT2D eigenvalue weighted by atomic mass is 35.5. The number of aliphatic imine (C=N–C) groups is 1. The van der Waals surface area contributed by atoms with E-state index in [4.69, 9.17) is 33.7 Å². The Hall–Kier alpha value is -1.13. The zero-order valence-electron chi connectivity index (χ0n) is 10.9. The van der Waals surface area contributed by atoms with Gasteiger partial charge in [-0.3, -0.25) is 0 Å². The molecule has 1 unspecified atom stereocenters. The Kier molecular flexibility index (Phi) is 4.42. The van der Waals surface area contributed by atoms with Gasteiger partial charge in [-0.05, 0) is 32.0 Å². The summed E-state index contributed by atoms with van der Waals surface area (Å²) in [6.07, 6.45) is 0. The van der Waals surface area contributed by atoms with Gasteiger partial charge in [0.2, 0.25) is 0 Å². The zero-order valence-corrected chi connectivity index (χ0v) is 12.4. The van der Waals surface area contributed by atoms with Gasteiger partial charge in [0.05, 0.1) is 0 Å². The van der Waals surface area contributed by atoms with Crippen molar-refractivity contribution in [3.8, 4) is 0 Å². The minimum Gasteiger partial charge on any atom is -0.463 e. The predicted molar refractivity (Wildman–Crippen MR) is 80.3 cm³/mol. The lowest BCUT2D eigenvalue weighted by Gasteiger charge is -2.30. The molecule has 0 saturated heterocycles. The number of hydrogen-bond donors (Lipinski definition) is 1. The molecular formula is C13H17Cl2N3O. The van der Waals surface area contributed by atoms with Gasteiger partial charge < -0.3 is 15.4 Å². The number of hydrogen-bond acceptors (Lipinski definition) is 4. The number of rotatable bonds is 4. The van der Waals surface area contributed by atoms with Gasteiger partial charge in [-0.25, -0.2) is 4.99 Å². The summed E-state index contributed by atoms with van der Waals surface area (Å²) in [6, 6.07) is 6.12. The van der Waals surface area contributed by atoms with Gasteiger partial charge in [0.1, 0.15) is 12.6 Å². The van der Waals surface area contributed by atoms with Crippen LogP contribution in [0.1, 0.15) is 13.8 Å². The second-order valence-corrected chi connectivity index (χ2v) is 5.68. The van der Waals surface area contributed by atoms with Gasteiger partial charge in [-0.15, -0.1) is 0 Å². The van der Waals surface area contributed by atoms with Crippen molar-refractivity contribution in [2.45, 2.75) is 25.9 Å². The Labute approximate surface area is 123 Å². The molecule has 0 aliphatic carbocycles. The molecule has 0 bridgehead atoms. The maximum absolute atomic E-state index is 6.06. The third kappa shape index (κ3) is 3.67. The summed E-state index contributed by atoms with van der Waals surface area (Å²) < 4.78 is 5.18. The molecule has 6 heteroatoms. The van der Waals surface area contributed by atoms with E-state index in [-0.39, 0.29) is 12.1 Å². The Bertz CT molecular complexity index is 471. The van der Waals surface area contributed by atoms with Gasteiger partial charge in [0.15, 0.2) is 0 Å². The molecule has 0 amide bonds. The van der Waals surface area contributed by atoms with E-state index in [1.165, 1.54) is 0 Å². The molecule has 4 nitrogen and oxygen atoms in total. The van der Waals surface area contributed by atoms with E-state index in [0.29, 0.717) is 22.7 Å². The molecule has 2 N–H and O–H groups in total. The fourth-order valence-electron chi connectivity index (χ4n) is 2.08. The number of nitrogens with zero attached hydrogens (tertiary/aromatic N) is 2. The maximum Gasteiger partial charge on any atom is 0.282 e. The highest BCUT2D eigenvalue weighted by molar-refractivity contribution is 6.35. The molecule has 1 heterocycles. The molecular weight excluding hydrogens is 285 g/mol. The van der Waals surface area contributed by atoms with E-state index in [1.54, 1.807) is 6.07 Å². The Balaban J connectivity index is 2.20. The smallest absolute Gasteiger partial charge is 0.282 e. The molecule has 2 rings (SSSR count). The number of benzene rings is 1. The van der Waals surface area contributed by atoms with Crippen molar-refractivity contribution in [3.63, 3.8) is 0 Å². The molecule has 1 aromatic rings. The van der Waals surface area contributed by atoms with Crippen molar-refractivity contribution in [2.75, 3.05) is 18.1 Å². The van der Waals surface area contributed by atoms with Gasteiger partial charge in [0.25, 0.3) is 6.02 Å². The van der Waals surface area contributed by atoms with Crippen LogP contribution in [-0.2, 0) is 4.74 Å². The van der Waals surface area contributed by atoms with E-state index < -0.39 is 0 Å². The number of nitrogens with two attached hydrogens (primary N) is 1. The SMILES string of the molecule is CC(C)N(CC1COC(N)=N1)c1cc(Cl)cc(Cl)c1. The van der Waals surface area contributed by atoms with E-state index in [1.807, 2.05) is 12.1 Å². The summed E-state index contributed by atoms with van der Waals surface area (Å²) in [5.74, 6) is 0. The van der Waals surface area contributed by atoms with Gasteiger partial charge in [-0.2, -0.15) is 0 Å². The average molecular weight is 302 g/mol. The summed E-state index contributed by atoms with van der Waals surface area (Å²) in [4.78, 5) is 6.43. The maximum atomic E-state index is 6.06. The summed E-state index contributed by atoms with van der Waals surface area (Å²) >= 11 is 12.1. The molecule has 1 atom stereocenters. The Morgan fingerprint density at radius 3 is 2.47 bits per heavy atom. The minimum atomic E-state index is 0.0418. The molecule has 0 spiro atoms. The van der Waals surface area contributed by atoms with Crippen LogP contribution < -0.4 is 10.6 Å². The lowest BCUT2D eigenvalue weighted by atomic mass is 10.2. The van der Waals surface area contributed by atoms with Crippen molar-refractivity contribution in [1.82, 2.24) is 0 Å². The van der Waals surface area contributed by atoms with Crippen molar-refractivity contribution < 1.29 is 4.74 Å². The van der Waals surface area contributed by atoms with E-state index in [9.17, 15) is 0 Å². The first-order chi connectivity index (χ1) is 8.95. The fourth-order valence-corrected chi connectivity index (χ4v) is 2.59. The normalized spacial score (nSPS) is 18.4. The Morgan fingerprint density at radius 2 is 2.00 bits per heavy atom. The monoisotopic (exact) mass is 301 g/mol. The lowest BCUT2D eigenvalue weighted by Crippen LogP contribution is -2.37. The first-order valence-electron chi connectivity index (χ1n) is 6.14. The third-order valence-corrected chi connectivity index (χ3v) is 3.38. The minimum absolute atomic E-state index is 0.0418. The van der Waals surface area contributed by atoms with E-state index in [2.05, 4.69) is 23.7 Å². The van der Waals surface area contributed by atoms with E-state index >= 15 is 0 Å². The van der Waals surface area contributed by atoms with Crippen LogP contribution in [-0.4, -0.2) is 31.3 Å². The second kappa shape index (κ2) is 5.88. The van der Waals surface area contributed by atoms with Gasteiger partial charge in [-0.1, -0.05) is 23.2 Å². The highest BCUT2D eigenvalue weighted by Gasteiger charge is 2.22. The molecule has 1 aromatic carbocycles. The van der Waals surface area contributed by atoms with Crippen molar-refractivity contribution in [2.24, 2.45) is 10.7 Å². The standard InChI is InChI=1S/C13H17Cl2N3O/c1-8(2)18(6-11-7-19-13(16)17-11)12-4-9(14)3-10(15)5-12/h3-5,8,11H,6-7H2,1-2H3,(H2,16,17). The highest BCUT2D eigenvalue weighted by Crippen LogP contribution is 2.27. The van der Waals surface area contributed by atoms with Crippen LogP contribution in [0.15, 0.2) is 23.2 Å². The van der Waals surface area contributed by atoms with Gasteiger partial charge in [0, 0.05) is 28.3 Å². The molecule has 0 radical (unpaired) electrons. The van der Waals surface area contributed by atoms with Crippen LogP contribution in [0.5, 0.6) is 0 Å². The number of halogens is 2. The van der Waals surface area contributed by atoms with Crippen molar-refractivity contribution >= 4 is 34.9 Å². The summed E-state index contributed by atoms with van der Waals surface area (Å²) in [7, 11) is 0. The fraction of sp³-hybridized carbons (Fsp3) is 0.462. The van der Waals surface area contributed by atoms with E-state index in [0.717, 1.165) is 12.2 Å². The second-order valence-electron chi connectivity index (χ2n) is 4.81. The summed E-state index contributed by atoms with van der Waals surface area (Å²) in [6.45, 7) is 5.45. The molecule has 1 aliphatic heterocycles. The first kappa shape index (κ1) is 14.3. The molecule has 0 aromatic heterocycles. The molecule has 1 aliphatic rings. The van der Waals surface area contributed by atoms with Gasteiger partial charge >= 0.3 is 0 Å². The van der Waals surface area contributed by atoms with Crippen LogP contribution in [0.25, 0.3) is 0 Å². The molecule has 0 fully saturated rings. The largest absolute Gasteiger partial charge is 0.463 e. The summed E-state index contributed by atoms with van der Waals surface area (Å²) in [5, 5.41) is 1.25. The van der Waals surface area contributed by atoms with Crippen LogP contribution in [0.3, 0.4) is 0 Å². The Morgan fingerprint density at radius 1 is 1.37 bits per heavy atom. The molecule has 19 heavy (non-hydrogen) atoms. The summed E-state index contributed by atoms with van der Waals surface area (Å²) in [5.41, 5.74) is 6.51. The predicted octanol–water partition coefficient (Wildman–Crippen LogP) is 2.92. The topological polar surface area (TPSA) is 50.9 Å². The quantitative estimate of drug-likeness (QED) is 0.930. The number of anilines is 1. The van der Waals surface area contributed by atoms with Crippen LogP contribution in [0, 0.1) is 0 Å². The van der Waals surface area contributed by atoms with Crippen molar-refractivity contribution in [3.05, 3.63) is 28.2 Å². The average Bonchev–Trinajstić information content (AvgIpc) is 2.70. The van der Waals surface area contributed by atoms with Crippen molar-refractivity contribution in [1.29, 1.82) is 0 Å². The van der Waals surface area contributed by atoms with Crippen LogP contribution in [0.4, 0.5) is 5.69 Å². The van der Waals surface area contributed by atoms with Crippen LogP contribution in [0.2, 0.25) is 10.0 Å². The molecule has 0 saturated carbocycles. The number of amidine groups is 1. The number of ether oxygens (including phenoxy) is 1. The lowest BCUT2D eigenvalue weighted by molar-refractivity contribution is 0.312. The zero-order chi connectivity index (χ0) is 14.0. The molecule has 104 valence electrons. The third-order valence-electron chi connectivity index (χ3n) is 2.94. The first-order valence-corrected chi connectivity index (χ1v) is 6.90. The van der Waals surface area contributed by atoms with Crippen LogP contribution >= 0.6 is 23.2 Å².